The molecule has 1 aromatic heterocycles. The van der Waals surface area contributed by atoms with E-state index in [0.29, 0.717) is 18.4 Å². The second-order valence-electron chi connectivity index (χ2n) is 5.07. The smallest absolute Gasteiger partial charge is 0.188 e. The van der Waals surface area contributed by atoms with E-state index in [1.807, 2.05) is 0 Å². The maximum Gasteiger partial charge on any atom is 0.188 e. The van der Waals surface area contributed by atoms with Crippen LogP contribution in [-0.2, 0) is 6.54 Å². The predicted octanol–water partition coefficient (Wildman–Crippen LogP) is 3.93. The molecule has 0 amide bonds. The van der Waals surface area contributed by atoms with E-state index >= 15 is 0 Å². The topological polar surface area (TPSA) is 50.4 Å². The van der Waals surface area contributed by atoms with E-state index in [9.17, 15) is 0 Å². The Labute approximate surface area is 135 Å². The van der Waals surface area contributed by atoms with Gasteiger partial charge in [0.1, 0.15) is 0 Å². The molecule has 1 aromatic carbocycles. The molecule has 5 heteroatoms. The van der Waals surface area contributed by atoms with Gasteiger partial charge in [-0.05, 0) is 34.7 Å². The number of halogens is 1. The monoisotopic (exact) mass is 355 g/mol. The Bertz CT molecular complexity index is 563. The van der Waals surface area contributed by atoms with Crippen LogP contribution in [0, 0.1) is 5.92 Å². The first-order valence-corrected chi connectivity index (χ1v) is 7.53. The van der Waals surface area contributed by atoms with Gasteiger partial charge in [-0.1, -0.05) is 32.0 Å². The molecule has 0 aliphatic heterocycles. The Kier molecular flexibility index (Phi) is 7.02. The molecule has 0 saturated carbocycles. The summed E-state index contributed by atoms with van der Waals surface area (Å²) in [4.78, 5) is 4.40. The number of fused-ring (bicyclic) bond motifs is 1. The van der Waals surface area contributed by atoms with Crippen LogP contribution in [-0.4, -0.2) is 12.5 Å². The third-order valence-electron chi connectivity index (χ3n) is 3.01. The summed E-state index contributed by atoms with van der Waals surface area (Å²) in [5, 5.41) is 6.60. The summed E-state index contributed by atoms with van der Waals surface area (Å²) in [6.45, 7) is 5.93. The lowest BCUT2D eigenvalue weighted by Crippen LogP contribution is -2.32. The van der Waals surface area contributed by atoms with Crippen LogP contribution in [0.1, 0.15) is 25.8 Å². The fourth-order valence-corrected chi connectivity index (χ4v) is 2.82. The molecule has 110 valence electrons. The number of nitrogens with two attached hydrogens (primary N) is 1. The molecule has 0 atom stereocenters. The van der Waals surface area contributed by atoms with E-state index in [1.165, 1.54) is 15.6 Å². The molecule has 0 saturated heterocycles. The van der Waals surface area contributed by atoms with E-state index < -0.39 is 0 Å². The summed E-state index contributed by atoms with van der Waals surface area (Å²) in [6, 6.07) is 8.40. The van der Waals surface area contributed by atoms with Gasteiger partial charge in [-0.15, -0.1) is 28.3 Å². The zero-order valence-corrected chi connectivity index (χ0v) is 14.5. The van der Waals surface area contributed by atoms with E-state index in [2.05, 4.69) is 53.8 Å². The molecule has 0 spiro atoms. The van der Waals surface area contributed by atoms with Crippen LogP contribution in [0.2, 0.25) is 0 Å². The lowest BCUT2D eigenvalue weighted by atomic mass is 10.1. The van der Waals surface area contributed by atoms with E-state index in [-0.39, 0.29) is 17.0 Å². The lowest BCUT2D eigenvalue weighted by molar-refractivity contribution is 0.576. The Morgan fingerprint density at radius 3 is 2.85 bits per heavy atom. The van der Waals surface area contributed by atoms with Crippen LogP contribution in [0.25, 0.3) is 10.1 Å². The molecular formula is C15H22BrN3S. The van der Waals surface area contributed by atoms with E-state index in [0.717, 1.165) is 13.0 Å². The average Bonchev–Trinajstić information content (AvgIpc) is 2.79. The number of thiophene rings is 1. The summed E-state index contributed by atoms with van der Waals surface area (Å²) in [7, 11) is 0. The molecular weight excluding hydrogens is 334 g/mol. The van der Waals surface area contributed by atoms with E-state index in [1.54, 1.807) is 11.3 Å². The van der Waals surface area contributed by atoms with Crippen LogP contribution < -0.4 is 11.1 Å². The molecule has 0 bridgehead atoms. The predicted molar refractivity (Wildman–Crippen MR) is 94.9 cm³/mol. The van der Waals surface area contributed by atoms with Gasteiger partial charge in [-0.25, -0.2) is 4.99 Å². The number of hydrogen-bond acceptors (Lipinski definition) is 2. The summed E-state index contributed by atoms with van der Waals surface area (Å²) >= 11 is 1.76. The quantitative estimate of drug-likeness (QED) is 0.630. The van der Waals surface area contributed by atoms with Gasteiger partial charge in [0.15, 0.2) is 5.96 Å². The van der Waals surface area contributed by atoms with Crippen molar-refractivity contribution in [1.29, 1.82) is 0 Å². The summed E-state index contributed by atoms with van der Waals surface area (Å²) in [5.41, 5.74) is 7.11. The highest BCUT2D eigenvalue weighted by molar-refractivity contribution is 8.93. The highest BCUT2D eigenvalue weighted by Crippen LogP contribution is 2.25. The number of nitrogens with one attached hydrogen (secondary N) is 1. The minimum atomic E-state index is 0. The molecule has 2 rings (SSSR count). The highest BCUT2D eigenvalue weighted by atomic mass is 79.9. The van der Waals surface area contributed by atoms with Crippen molar-refractivity contribution in [2.24, 2.45) is 16.6 Å². The van der Waals surface area contributed by atoms with Gasteiger partial charge in [0.25, 0.3) is 0 Å². The summed E-state index contributed by atoms with van der Waals surface area (Å²) in [6.07, 6.45) is 1.11. The molecule has 0 unspecified atom stereocenters. The van der Waals surface area contributed by atoms with Crippen molar-refractivity contribution in [1.82, 2.24) is 5.32 Å². The molecule has 0 fully saturated rings. The van der Waals surface area contributed by atoms with Crippen LogP contribution in [0.3, 0.4) is 0 Å². The second kappa shape index (κ2) is 8.27. The summed E-state index contributed by atoms with van der Waals surface area (Å²) < 4.78 is 1.30. The Balaban J connectivity index is 0.00000200. The zero-order valence-electron chi connectivity index (χ0n) is 11.9. The van der Waals surface area contributed by atoms with Crippen molar-refractivity contribution in [2.75, 3.05) is 6.54 Å². The minimum absolute atomic E-state index is 0. The van der Waals surface area contributed by atoms with Crippen molar-refractivity contribution in [3.63, 3.8) is 0 Å². The minimum Gasteiger partial charge on any atom is -0.370 e. The van der Waals surface area contributed by atoms with Crippen molar-refractivity contribution >= 4 is 44.4 Å². The Morgan fingerprint density at radius 1 is 1.35 bits per heavy atom. The molecule has 0 aliphatic rings. The molecule has 0 aliphatic carbocycles. The highest BCUT2D eigenvalue weighted by Gasteiger charge is 2.02. The maximum absolute atomic E-state index is 5.86. The van der Waals surface area contributed by atoms with Crippen LogP contribution in [0.5, 0.6) is 0 Å². The fraction of sp³-hybridized carbons (Fsp3) is 0.400. The number of rotatable bonds is 5. The van der Waals surface area contributed by atoms with Crippen molar-refractivity contribution in [3.8, 4) is 0 Å². The second-order valence-corrected chi connectivity index (χ2v) is 5.98. The van der Waals surface area contributed by atoms with Crippen LogP contribution >= 0.6 is 28.3 Å². The molecule has 3 N–H and O–H groups in total. The zero-order chi connectivity index (χ0) is 13.7. The molecule has 2 aromatic rings. The number of guanidine groups is 1. The molecule has 20 heavy (non-hydrogen) atoms. The Hall–Kier alpha value is -1.07. The SMILES string of the molecule is Br.CC(C)CCNC(N)=NCc1csc2ccccc12. The third kappa shape index (κ3) is 4.80. The largest absolute Gasteiger partial charge is 0.370 e. The van der Waals surface area contributed by atoms with Gasteiger partial charge in [0, 0.05) is 11.2 Å². The molecule has 3 nitrogen and oxygen atoms in total. The molecule has 1 heterocycles. The fourth-order valence-electron chi connectivity index (χ4n) is 1.87. The van der Waals surface area contributed by atoms with Gasteiger partial charge in [0.05, 0.1) is 6.54 Å². The van der Waals surface area contributed by atoms with Crippen LogP contribution in [0.4, 0.5) is 0 Å². The number of aliphatic imine (C=N–C) groups is 1. The van der Waals surface area contributed by atoms with Crippen molar-refractivity contribution < 1.29 is 0 Å². The maximum atomic E-state index is 5.86. The number of hydrogen-bond donors (Lipinski definition) is 2. The van der Waals surface area contributed by atoms with Gasteiger partial charge >= 0.3 is 0 Å². The van der Waals surface area contributed by atoms with Crippen molar-refractivity contribution in [3.05, 3.63) is 35.2 Å². The van der Waals surface area contributed by atoms with Crippen LogP contribution in [0.15, 0.2) is 34.6 Å². The van der Waals surface area contributed by atoms with E-state index in [4.69, 9.17) is 5.73 Å². The van der Waals surface area contributed by atoms with Gasteiger partial charge in [-0.3, -0.25) is 0 Å². The standard InChI is InChI=1S/C15H21N3S.BrH/c1-11(2)7-8-17-15(16)18-9-12-10-19-14-6-4-3-5-13(12)14;/h3-6,10-11H,7-9H2,1-2H3,(H3,16,17,18);1H. The Morgan fingerprint density at radius 2 is 2.10 bits per heavy atom. The first kappa shape index (κ1) is 17.0. The first-order valence-electron chi connectivity index (χ1n) is 6.65. The first-order chi connectivity index (χ1) is 9.16. The van der Waals surface area contributed by atoms with Gasteiger partial charge < -0.3 is 11.1 Å². The van der Waals surface area contributed by atoms with Crippen molar-refractivity contribution in [2.45, 2.75) is 26.8 Å². The normalized spacial score (nSPS) is 11.7. The number of benzene rings is 1. The van der Waals surface area contributed by atoms with Gasteiger partial charge in [0.2, 0.25) is 0 Å². The number of nitrogens with zero attached hydrogens (tertiary/aromatic N) is 1. The third-order valence-corrected chi connectivity index (χ3v) is 4.02. The van der Waals surface area contributed by atoms with Gasteiger partial charge in [-0.2, -0.15) is 0 Å². The molecule has 0 radical (unpaired) electrons. The summed E-state index contributed by atoms with van der Waals surface area (Å²) in [5.74, 6) is 1.22. The average molecular weight is 356 g/mol. The lowest BCUT2D eigenvalue weighted by Gasteiger charge is -2.07.